The summed E-state index contributed by atoms with van der Waals surface area (Å²) >= 11 is 0. The van der Waals surface area contributed by atoms with Crippen LogP contribution in [0.3, 0.4) is 0 Å². The lowest BCUT2D eigenvalue weighted by molar-refractivity contribution is -0.534. The van der Waals surface area contributed by atoms with Crippen LogP contribution in [0.5, 0.6) is 0 Å². The van der Waals surface area contributed by atoms with E-state index in [4.69, 9.17) is 4.12 Å². The molecule has 0 radical (unpaired) electrons. The molecule has 0 saturated heterocycles. The maximum absolute atomic E-state index is 10.7. The monoisotopic (exact) mass is 269 g/mol. The minimum Gasteiger partial charge on any atom is -0.862 e. The van der Waals surface area contributed by atoms with Crippen LogP contribution >= 0.6 is 0 Å². The molecule has 0 saturated carbocycles. The molecule has 96 valence electrons. The lowest BCUT2D eigenvalue weighted by Gasteiger charge is -2.59. The Hall–Kier alpha value is -0.506. The first-order chi connectivity index (χ1) is 7.70. The van der Waals surface area contributed by atoms with Gasteiger partial charge in [0.25, 0.3) is 0 Å². The summed E-state index contributed by atoms with van der Waals surface area (Å²) in [6.07, 6.45) is 0. The molecule has 1 aromatic carbocycles. The maximum Gasteiger partial charge on any atom is 0.170 e. The second kappa shape index (κ2) is 5.43. The fourth-order valence-corrected chi connectivity index (χ4v) is 6.77. The van der Waals surface area contributed by atoms with Crippen molar-refractivity contribution in [3.05, 3.63) is 35.9 Å². The number of rotatable bonds is 5. The summed E-state index contributed by atoms with van der Waals surface area (Å²) in [5.41, 5.74) is 1.13. The third-order valence-corrected chi connectivity index (χ3v) is 7.37. The summed E-state index contributed by atoms with van der Waals surface area (Å²) in [5.74, 6) is 0.189. The molecule has 0 aromatic heterocycles. The Kier molecular flexibility index (Phi) is 4.64. The van der Waals surface area contributed by atoms with Gasteiger partial charge in [-0.05, 0) is 30.6 Å². The Morgan fingerprint density at radius 2 is 1.65 bits per heavy atom. The zero-order valence-corrected chi connectivity index (χ0v) is 12.3. The van der Waals surface area contributed by atoms with Gasteiger partial charge in [0, 0.05) is 0 Å². The molecule has 0 bridgehead atoms. The highest BCUT2D eigenvalue weighted by Crippen LogP contribution is 2.26. The van der Waals surface area contributed by atoms with E-state index in [1.165, 1.54) is 0 Å². The van der Waals surface area contributed by atoms with Crippen LogP contribution < -0.4 is 14.4 Å². The zero-order valence-electron chi connectivity index (χ0n) is 10.3. The predicted molar refractivity (Wildman–Crippen MR) is 64.0 cm³/mol. The van der Waals surface area contributed by atoms with Gasteiger partial charge in [0.15, 0.2) is 8.32 Å². The molecule has 0 aliphatic rings. The van der Waals surface area contributed by atoms with Crippen molar-refractivity contribution in [2.24, 2.45) is 0 Å². The molecule has 0 heterocycles. The Bertz CT molecular complexity index is 348. The summed E-state index contributed by atoms with van der Waals surface area (Å²) in [6, 6.07) is 10.4. The van der Waals surface area contributed by atoms with Gasteiger partial charge in [0.05, 0.1) is 0 Å². The van der Waals surface area contributed by atoms with E-state index in [0.717, 1.165) is 5.56 Å². The Labute approximate surface area is 104 Å². The highest BCUT2D eigenvalue weighted by Gasteiger charge is 2.25. The van der Waals surface area contributed by atoms with Crippen molar-refractivity contribution in [3.8, 4) is 0 Å². The average Bonchev–Trinajstić information content (AvgIpc) is 2.14. The minimum absolute atomic E-state index is 0.189. The molecule has 1 atom stereocenters. The first kappa shape index (κ1) is 14.6. The molecule has 0 aliphatic heterocycles. The van der Waals surface area contributed by atoms with E-state index in [9.17, 15) is 14.4 Å². The van der Waals surface area contributed by atoms with Crippen LogP contribution in [-0.4, -0.2) is 17.4 Å². The van der Waals surface area contributed by atoms with E-state index >= 15 is 0 Å². The van der Waals surface area contributed by atoms with Crippen LogP contribution in [-0.2, 0) is 4.12 Å². The van der Waals surface area contributed by atoms with Crippen molar-refractivity contribution < 1.29 is 18.5 Å². The van der Waals surface area contributed by atoms with Gasteiger partial charge in [-0.25, -0.2) is 0 Å². The largest absolute Gasteiger partial charge is 0.862 e. The van der Waals surface area contributed by atoms with Crippen LogP contribution in [0, 0.1) is 0 Å². The third kappa shape index (κ3) is 5.58. The van der Waals surface area contributed by atoms with Gasteiger partial charge in [-0.2, -0.15) is 0 Å². The lowest BCUT2D eigenvalue weighted by Crippen LogP contribution is -2.78. The summed E-state index contributed by atoms with van der Waals surface area (Å²) in [5, 5.41) is 0. The quantitative estimate of drug-likeness (QED) is 0.677. The number of benzene rings is 1. The van der Waals surface area contributed by atoms with Crippen LogP contribution in [0.2, 0.25) is 19.1 Å². The molecule has 17 heavy (non-hydrogen) atoms. The highest BCUT2D eigenvalue weighted by atomic mass is 28.5. The van der Waals surface area contributed by atoms with E-state index in [1.807, 2.05) is 37.3 Å². The SMILES string of the molecule is CC(C[Si](C)(C)O[Si]([O-])([O-])[O-])c1ccccc1. The second-order valence-corrected chi connectivity index (χ2v) is 10.6. The molecule has 4 nitrogen and oxygen atoms in total. The summed E-state index contributed by atoms with van der Waals surface area (Å²) < 4.78 is 4.73. The molecular weight excluding hydrogens is 252 g/mol. The molecule has 0 aliphatic carbocycles. The van der Waals surface area contributed by atoms with Gasteiger partial charge in [0.1, 0.15) is 0 Å². The maximum atomic E-state index is 10.7. The molecule has 0 N–H and O–H groups in total. The summed E-state index contributed by atoms with van der Waals surface area (Å²) in [7, 11) is -7.61. The van der Waals surface area contributed by atoms with E-state index in [1.54, 1.807) is 13.1 Å². The Morgan fingerprint density at radius 3 is 2.12 bits per heavy atom. The van der Waals surface area contributed by atoms with Gasteiger partial charge in [-0.15, -0.1) is 9.05 Å². The van der Waals surface area contributed by atoms with Crippen molar-refractivity contribution >= 4 is 17.4 Å². The number of hydrogen-bond acceptors (Lipinski definition) is 4. The zero-order chi connectivity index (χ0) is 13.1. The molecule has 1 aromatic rings. The van der Waals surface area contributed by atoms with Crippen LogP contribution in [0.25, 0.3) is 0 Å². The Morgan fingerprint density at radius 1 is 1.12 bits per heavy atom. The van der Waals surface area contributed by atoms with Crippen molar-refractivity contribution in [1.82, 2.24) is 0 Å². The van der Waals surface area contributed by atoms with Crippen molar-refractivity contribution in [3.63, 3.8) is 0 Å². The first-order valence-corrected chi connectivity index (χ1v) is 10.3. The van der Waals surface area contributed by atoms with E-state index in [-0.39, 0.29) is 5.92 Å². The van der Waals surface area contributed by atoms with E-state index in [2.05, 4.69) is 0 Å². The summed E-state index contributed by atoms with van der Waals surface area (Å²) in [4.78, 5) is 32.0. The smallest absolute Gasteiger partial charge is 0.170 e. The first-order valence-electron chi connectivity index (χ1n) is 5.56. The molecule has 6 heteroatoms. The third-order valence-electron chi connectivity index (χ3n) is 2.57. The fourth-order valence-electron chi connectivity index (χ4n) is 2.02. The van der Waals surface area contributed by atoms with Crippen LogP contribution in [0.4, 0.5) is 0 Å². The normalized spacial score (nSPS) is 14.7. The van der Waals surface area contributed by atoms with Gasteiger partial charge < -0.3 is 18.5 Å². The lowest BCUT2D eigenvalue weighted by atomic mass is 10.0. The molecule has 1 unspecified atom stereocenters. The van der Waals surface area contributed by atoms with Crippen molar-refractivity contribution in [2.75, 3.05) is 0 Å². The van der Waals surface area contributed by atoms with E-state index < -0.39 is 17.4 Å². The average molecular weight is 269 g/mol. The topological polar surface area (TPSA) is 78.4 Å². The van der Waals surface area contributed by atoms with E-state index in [0.29, 0.717) is 6.04 Å². The standard InChI is InChI=1S/C11H17O4Si2/c1-10(11-7-5-4-6-8-11)9-16(2,3)15-17(12,13)14/h4-8,10H,9H2,1-3H3/q-3. The molecule has 0 amide bonds. The highest BCUT2D eigenvalue weighted by molar-refractivity contribution is 6.77. The van der Waals surface area contributed by atoms with Crippen LogP contribution in [0.1, 0.15) is 18.4 Å². The van der Waals surface area contributed by atoms with Crippen LogP contribution in [0.15, 0.2) is 30.3 Å². The molecular formula is C11H17O4Si2-3. The van der Waals surface area contributed by atoms with Gasteiger partial charge in [0.2, 0.25) is 0 Å². The van der Waals surface area contributed by atoms with Crippen molar-refractivity contribution in [1.29, 1.82) is 0 Å². The molecule has 0 fully saturated rings. The second-order valence-electron chi connectivity index (χ2n) is 4.88. The minimum atomic E-state index is -5.15. The summed E-state index contributed by atoms with van der Waals surface area (Å²) in [6.45, 7) is 5.51. The predicted octanol–water partition coefficient (Wildman–Crippen LogP) is -0.472. The molecule has 1 rings (SSSR count). The van der Waals surface area contributed by atoms with Gasteiger partial charge >= 0.3 is 0 Å². The van der Waals surface area contributed by atoms with Gasteiger partial charge in [-0.3, -0.25) is 0 Å². The van der Waals surface area contributed by atoms with Crippen molar-refractivity contribution in [2.45, 2.75) is 32.0 Å². The van der Waals surface area contributed by atoms with Gasteiger partial charge in [-0.1, -0.05) is 37.3 Å². The fraction of sp³-hybridized carbons (Fsp3) is 0.455. The number of hydrogen-bond donors (Lipinski definition) is 0. The molecule has 0 spiro atoms. The Balaban J connectivity index is 2.65.